The third kappa shape index (κ3) is 6.93. The van der Waals surface area contributed by atoms with Crippen LogP contribution in [0.5, 0.6) is 34.8 Å². The molecule has 3 heterocycles. The summed E-state index contributed by atoms with van der Waals surface area (Å²) in [5.41, 5.74) is 8.11. The molecular formula is C33H32Cl2N6O4. The highest BCUT2D eigenvalue weighted by atomic mass is 35.5. The molecule has 0 amide bonds. The van der Waals surface area contributed by atoms with E-state index in [1.54, 1.807) is 6.07 Å². The van der Waals surface area contributed by atoms with Crippen molar-refractivity contribution in [2.24, 2.45) is 10.7 Å². The summed E-state index contributed by atoms with van der Waals surface area (Å²) >= 11 is 13.7. The normalized spacial score (nSPS) is 16.5. The Morgan fingerprint density at radius 1 is 1.00 bits per heavy atom. The van der Waals surface area contributed by atoms with E-state index in [9.17, 15) is 5.11 Å². The summed E-state index contributed by atoms with van der Waals surface area (Å²) in [4.78, 5) is 13.5. The van der Waals surface area contributed by atoms with Crippen molar-refractivity contribution in [3.8, 4) is 34.8 Å². The van der Waals surface area contributed by atoms with Gasteiger partial charge < -0.3 is 30.0 Å². The summed E-state index contributed by atoms with van der Waals surface area (Å²) in [6.07, 6.45) is 0.549. The number of phenols is 1. The van der Waals surface area contributed by atoms with Crippen LogP contribution in [0.4, 0.5) is 0 Å². The van der Waals surface area contributed by atoms with E-state index in [1.165, 1.54) is 23.8 Å². The minimum Gasteiger partial charge on any atom is -0.504 e. The number of nitrogen functional groups attached to an aromatic ring is 1. The number of amidine groups is 2. The molecule has 0 aliphatic carbocycles. The van der Waals surface area contributed by atoms with Crippen LogP contribution >= 0.6 is 23.2 Å². The topological polar surface area (TPSA) is 130 Å². The quantitative estimate of drug-likeness (QED) is 0.135. The lowest BCUT2D eigenvalue weighted by molar-refractivity contribution is 0.197. The second-order valence-electron chi connectivity index (χ2n) is 10.9. The van der Waals surface area contributed by atoms with Gasteiger partial charge in [0.05, 0.1) is 6.54 Å². The monoisotopic (exact) mass is 646 g/mol. The average Bonchev–Trinajstić information content (AvgIpc) is 3.67. The number of halogens is 2. The van der Waals surface area contributed by atoms with E-state index < -0.39 is 0 Å². The van der Waals surface area contributed by atoms with Crippen LogP contribution in [0.15, 0.2) is 77.8 Å². The second-order valence-corrected chi connectivity index (χ2v) is 11.6. The van der Waals surface area contributed by atoms with Gasteiger partial charge in [-0.2, -0.15) is 4.98 Å². The van der Waals surface area contributed by atoms with Crippen molar-refractivity contribution >= 4 is 34.9 Å². The molecule has 232 valence electrons. The Balaban J connectivity index is 1.32. The number of ether oxygens (including phenoxy) is 3. The molecule has 1 aromatic heterocycles. The molecule has 1 unspecified atom stereocenters. The maximum absolute atomic E-state index is 10.5. The molecule has 12 heteroatoms. The Hall–Kier alpha value is -4.51. The minimum atomic E-state index is -0.208. The summed E-state index contributed by atoms with van der Waals surface area (Å²) in [7, 11) is 1.99. The molecule has 45 heavy (non-hydrogen) atoms. The number of rotatable bonds is 10. The van der Waals surface area contributed by atoms with Gasteiger partial charge in [-0.15, -0.1) is 0 Å². The summed E-state index contributed by atoms with van der Waals surface area (Å²) in [6.45, 7) is 3.86. The van der Waals surface area contributed by atoms with Gasteiger partial charge in [0.1, 0.15) is 33.6 Å². The molecule has 6 rings (SSSR count). The maximum Gasteiger partial charge on any atom is 0.245 e. The third-order valence-electron chi connectivity index (χ3n) is 7.58. The lowest BCUT2D eigenvalue weighted by Crippen LogP contribution is -2.24. The molecule has 10 nitrogen and oxygen atoms in total. The van der Waals surface area contributed by atoms with Crippen molar-refractivity contribution in [1.82, 2.24) is 14.8 Å². The lowest BCUT2D eigenvalue weighted by Gasteiger charge is -2.20. The number of aromatic nitrogens is 1. The van der Waals surface area contributed by atoms with Crippen LogP contribution in [0.1, 0.15) is 23.1 Å². The van der Waals surface area contributed by atoms with Crippen LogP contribution in [0, 0.1) is 5.41 Å². The fourth-order valence-electron chi connectivity index (χ4n) is 5.29. The van der Waals surface area contributed by atoms with Crippen LogP contribution in [-0.2, 0) is 6.54 Å². The van der Waals surface area contributed by atoms with Gasteiger partial charge in [0.15, 0.2) is 17.2 Å². The minimum absolute atomic E-state index is 0.00416. The maximum atomic E-state index is 10.5. The number of likely N-dealkylation sites (N-methyl/N-ethyl adjacent to an activating group) is 1. The van der Waals surface area contributed by atoms with Gasteiger partial charge in [-0.3, -0.25) is 15.3 Å². The number of likely N-dealkylation sites (tertiary alicyclic amines) is 1. The van der Waals surface area contributed by atoms with E-state index in [-0.39, 0.29) is 51.0 Å². The molecule has 0 saturated carbocycles. The van der Waals surface area contributed by atoms with Gasteiger partial charge >= 0.3 is 0 Å². The number of benzene rings is 3. The van der Waals surface area contributed by atoms with Crippen molar-refractivity contribution in [3.05, 3.63) is 99.5 Å². The predicted octanol–water partition coefficient (Wildman–Crippen LogP) is 6.31. The first-order valence-corrected chi connectivity index (χ1v) is 15.2. The number of aliphatic imine (C=N–C) groups is 1. The summed E-state index contributed by atoms with van der Waals surface area (Å²) in [6, 6.07) is 22.0. The summed E-state index contributed by atoms with van der Waals surface area (Å²) in [5, 5.41) is 18.4. The SMILES string of the molecule is CN1CCN=C1c1cccc(Oc2nc(Oc3cc(C(=N)N)ccc3O)c(Cl)c(OC3CCN(Cc4ccccc4)C3)c2Cl)c1. The van der Waals surface area contributed by atoms with Crippen LogP contribution in [0.25, 0.3) is 0 Å². The van der Waals surface area contributed by atoms with Crippen LogP contribution < -0.4 is 19.9 Å². The van der Waals surface area contributed by atoms with E-state index in [2.05, 4.69) is 31.9 Å². The highest BCUT2D eigenvalue weighted by Gasteiger charge is 2.29. The fraction of sp³-hybridized carbons (Fsp3) is 0.242. The zero-order chi connectivity index (χ0) is 31.5. The molecule has 0 radical (unpaired) electrons. The first-order chi connectivity index (χ1) is 21.7. The van der Waals surface area contributed by atoms with E-state index in [1.807, 2.05) is 43.4 Å². The summed E-state index contributed by atoms with van der Waals surface area (Å²) < 4.78 is 18.6. The Kier molecular flexibility index (Phi) is 8.97. The highest BCUT2D eigenvalue weighted by molar-refractivity contribution is 6.38. The fourth-order valence-corrected chi connectivity index (χ4v) is 5.78. The number of hydrogen-bond donors (Lipinski definition) is 3. The number of aromatic hydroxyl groups is 1. The Bertz CT molecular complexity index is 1750. The number of nitrogens with two attached hydrogens (primary N) is 1. The van der Waals surface area contributed by atoms with Gasteiger partial charge in [-0.25, -0.2) is 0 Å². The number of nitrogens with zero attached hydrogens (tertiary/aromatic N) is 4. The van der Waals surface area contributed by atoms with Gasteiger partial charge in [0.25, 0.3) is 0 Å². The van der Waals surface area contributed by atoms with Crippen molar-refractivity contribution in [1.29, 1.82) is 5.41 Å². The first kappa shape index (κ1) is 30.5. The van der Waals surface area contributed by atoms with E-state index in [0.29, 0.717) is 17.9 Å². The summed E-state index contributed by atoms with van der Waals surface area (Å²) in [5.74, 6) is 1.01. The second kappa shape index (κ2) is 13.2. The van der Waals surface area contributed by atoms with Gasteiger partial charge in [0.2, 0.25) is 11.8 Å². The van der Waals surface area contributed by atoms with Crippen molar-refractivity contribution in [3.63, 3.8) is 0 Å². The van der Waals surface area contributed by atoms with Gasteiger partial charge in [0, 0.05) is 44.4 Å². The predicted molar refractivity (Wildman–Crippen MR) is 175 cm³/mol. The van der Waals surface area contributed by atoms with Crippen molar-refractivity contribution in [2.45, 2.75) is 19.1 Å². The molecule has 2 aliphatic heterocycles. The zero-order valence-electron chi connectivity index (χ0n) is 24.5. The standard InChI is InChI=1S/C33H32Cl2N6O4/c1-40-15-13-38-31(40)22-8-5-9-23(16-22)44-32-27(34)29(43-24-12-14-41(19-24)18-20-6-3-2-4-7-20)28(35)33(39-32)45-26-17-21(30(36)37)10-11-25(26)42/h2-11,16-17,24,42H,12-15,18-19H2,1H3,(H3,36,37). The average molecular weight is 648 g/mol. The Labute approximate surface area is 271 Å². The van der Waals surface area contributed by atoms with Crippen molar-refractivity contribution in [2.75, 3.05) is 33.2 Å². The lowest BCUT2D eigenvalue weighted by atomic mass is 10.2. The Morgan fingerprint density at radius 3 is 2.51 bits per heavy atom. The van der Waals surface area contributed by atoms with E-state index in [0.717, 1.165) is 44.0 Å². The number of hydrogen-bond acceptors (Lipinski definition) is 9. The molecule has 2 aliphatic rings. The highest BCUT2D eigenvalue weighted by Crippen LogP contribution is 2.47. The molecule has 1 saturated heterocycles. The molecule has 0 bridgehead atoms. The largest absolute Gasteiger partial charge is 0.504 e. The molecule has 1 atom stereocenters. The number of pyridine rings is 1. The molecule has 1 fully saturated rings. The first-order valence-electron chi connectivity index (χ1n) is 14.5. The van der Waals surface area contributed by atoms with Gasteiger partial charge in [-0.1, -0.05) is 65.7 Å². The van der Waals surface area contributed by atoms with E-state index >= 15 is 0 Å². The smallest absolute Gasteiger partial charge is 0.245 e. The molecule has 3 aromatic carbocycles. The van der Waals surface area contributed by atoms with Gasteiger partial charge in [-0.05, 0) is 42.3 Å². The molecule has 4 aromatic rings. The zero-order valence-corrected chi connectivity index (χ0v) is 26.1. The number of nitrogens with one attached hydrogen (secondary N) is 1. The van der Waals surface area contributed by atoms with Crippen LogP contribution in [0.3, 0.4) is 0 Å². The van der Waals surface area contributed by atoms with E-state index in [4.69, 9.17) is 48.6 Å². The molecular weight excluding hydrogens is 615 g/mol. The number of phenolic OH excluding ortho intramolecular Hbond substituents is 1. The Morgan fingerprint density at radius 2 is 1.78 bits per heavy atom. The molecule has 0 spiro atoms. The van der Waals surface area contributed by atoms with Crippen LogP contribution in [0.2, 0.25) is 10.0 Å². The van der Waals surface area contributed by atoms with Crippen LogP contribution in [-0.4, -0.2) is 70.9 Å². The third-order valence-corrected chi connectivity index (χ3v) is 8.25. The van der Waals surface area contributed by atoms with Crippen molar-refractivity contribution < 1.29 is 19.3 Å². The molecule has 4 N–H and O–H groups in total.